The van der Waals surface area contributed by atoms with Crippen LogP contribution >= 0.6 is 0 Å². The minimum absolute atomic E-state index is 0.174. The summed E-state index contributed by atoms with van der Waals surface area (Å²) in [5, 5.41) is 1.04. The van der Waals surface area contributed by atoms with Crippen molar-refractivity contribution < 1.29 is 28.5 Å². The molecule has 1 aliphatic rings. The van der Waals surface area contributed by atoms with E-state index in [4.69, 9.17) is 15.2 Å². The Morgan fingerprint density at radius 3 is 2.70 bits per heavy atom. The number of aromatic amines is 1. The van der Waals surface area contributed by atoms with Crippen LogP contribution < -0.4 is 10.5 Å². The third kappa shape index (κ3) is 3.47. The third-order valence-electron chi connectivity index (χ3n) is 5.07. The molecule has 154 valence electrons. The zero-order valence-electron chi connectivity index (χ0n) is 16.1. The first-order valence-electron chi connectivity index (χ1n) is 9.39. The minimum atomic E-state index is -1.30. The van der Waals surface area contributed by atoms with E-state index >= 15 is 0 Å². The predicted octanol–water partition coefficient (Wildman–Crippen LogP) is 3.86. The number of rotatable bonds is 5. The van der Waals surface area contributed by atoms with Gasteiger partial charge in [0.15, 0.2) is 0 Å². The summed E-state index contributed by atoms with van der Waals surface area (Å²) in [6, 6.07) is 13.2. The molecule has 8 heteroatoms. The van der Waals surface area contributed by atoms with E-state index in [-0.39, 0.29) is 24.5 Å². The van der Waals surface area contributed by atoms with Crippen molar-refractivity contribution in [3.8, 4) is 16.9 Å². The Labute approximate surface area is 171 Å². The van der Waals surface area contributed by atoms with Gasteiger partial charge in [-0.15, -0.1) is 0 Å². The summed E-state index contributed by atoms with van der Waals surface area (Å²) in [5.41, 5.74) is 8.88. The molecule has 0 spiro atoms. The van der Waals surface area contributed by atoms with Crippen LogP contribution in [0.1, 0.15) is 24.8 Å². The molecule has 1 atom stereocenters. The molecule has 0 aliphatic carbocycles. The normalized spacial score (nSPS) is 15.5. The maximum absolute atomic E-state index is 12.7. The predicted molar refractivity (Wildman–Crippen MR) is 107 cm³/mol. The quantitative estimate of drug-likeness (QED) is 0.619. The number of benzene rings is 2. The first kappa shape index (κ1) is 19.5. The number of halogens is 1. The van der Waals surface area contributed by atoms with Crippen molar-refractivity contribution in [3.05, 3.63) is 65.7 Å². The molecule has 1 aliphatic heterocycles. The lowest BCUT2D eigenvalue weighted by molar-refractivity contribution is -0.179. The van der Waals surface area contributed by atoms with E-state index in [0.29, 0.717) is 11.3 Å². The first-order valence-corrected chi connectivity index (χ1v) is 9.39. The summed E-state index contributed by atoms with van der Waals surface area (Å²) >= 11 is 0. The van der Waals surface area contributed by atoms with E-state index in [1.165, 1.54) is 0 Å². The molecule has 0 saturated heterocycles. The summed E-state index contributed by atoms with van der Waals surface area (Å²) in [5.74, 6) is -2.64. The molecule has 1 unspecified atom stereocenters. The molecule has 30 heavy (non-hydrogen) atoms. The molecule has 4 rings (SSSR count). The summed E-state index contributed by atoms with van der Waals surface area (Å²) in [6.45, 7) is 1.85. The highest BCUT2D eigenvalue weighted by molar-refractivity contribution is 5.93. The Morgan fingerprint density at radius 1 is 1.17 bits per heavy atom. The standard InChI is InChI=1S/C22H19FN2O5/c1-2-28-19(26)11-16-15-10-13(12-3-5-17-14(9-12)7-8-25-17)4-6-18(15)29-21(24)20(16)22(27)30-23/h3-10,16,25H,2,11,24H2,1H3. The van der Waals surface area contributed by atoms with Gasteiger partial charge in [0.1, 0.15) is 11.3 Å². The highest BCUT2D eigenvalue weighted by atomic mass is 19.3. The number of hydrogen-bond acceptors (Lipinski definition) is 6. The van der Waals surface area contributed by atoms with Gasteiger partial charge >= 0.3 is 11.9 Å². The fraction of sp³-hybridized carbons (Fsp3) is 0.182. The molecular weight excluding hydrogens is 391 g/mol. The summed E-state index contributed by atoms with van der Waals surface area (Å²) in [6.07, 6.45) is 1.64. The van der Waals surface area contributed by atoms with Gasteiger partial charge < -0.3 is 20.2 Å². The lowest BCUT2D eigenvalue weighted by atomic mass is 9.84. The molecule has 1 aromatic heterocycles. The highest BCUT2D eigenvalue weighted by Crippen LogP contribution is 2.42. The summed E-state index contributed by atoms with van der Waals surface area (Å²) < 4.78 is 23.3. The Kier molecular flexibility index (Phi) is 5.14. The molecule has 2 aromatic carbocycles. The van der Waals surface area contributed by atoms with Crippen molar-refractivity contribution in [2.75, 3.05) is 6.61 Å². The number of H-pyrrole nitrogens is 1. The monoisotopic (exact) mass is 410 g/mol. The van der Waals surface area contributed by atoms with Crippen LogP contribution in [0.5, 0.6) is 5.75 Å². The van der Waals surface area contributed by atoms with Gasteiger partial charge in [-0.25, -0.2) is 9.74 Å². The molecule has 0 fully saturated rings. The second-order valence-corrected chi connectivity index (χ2v) is 6.84. The average Bonchev–Trinajstić information content (AvgIpc) is 3.21. The van der Waals surface area contributed by atoms with Gasteiger partial charge in [0.25, 0.3) is 0 Å². The summed E-state index contributed by atoms with van der Waals surface area (Å²) in [4.78, 5) is 30.7. The van der Waals surface area contributed by atoms with Crippen molar-refractivity contribution in [2.24, 2.45) is 5.73 Å². The Hall–Kier alpha value is -3.81. The van der Waals surface area contributed by atoms with Crippen LogP contribution in [0.15, 0.2) is 60.1 Å². The van der Waals surface area contributed by atoms with E-state index in [0.717, 1.165) is 22.0 Å². The summed E-state index contributed by atoms with van der Waals surface area (Å²) in [7, 11) is 0. The molecular formula is C22H19FN2O5. The maximum atomic E-state index is 12.7. The number of esters is 1. The molecule has 3 N–H and O–H groups in total. The van der Waals surface area contributed by atoms with Gasteiger partial charge in [0.05, 0.1) is 13.0 Å². The average molecular weight is 410 g/mol. The van der Waals surface area contributed by atoms with Crippen LogP contribution in [-0.4, -0.2) is 23.5 Å². The van der Waals surface area contributed by atoms with Crippen molar-refractivity contribution in [1.82, 2.24) is 4.98 Å². The van der Waals surface area contributed by atoms with Gasteiger partial charge in [-0.3, -0.25) is 4.79 Å². The van der Waals surface area contributed by atoms with Crippen molar-refractivity contribution in [1.29, 1.82) is 0 Å². The van der Waals surface area contributed by atoms with Gasteiger partial charge in [-0.2, -0.15) is 0 Å². The lowest BCUT2D eigenvalue weighted by Gasteiger charge is -2.27. The van der Waals surface area contributed by atoms with E-state index in [1.54, 1.807) is 19.1 Å². The Balaban J connectivity index is 1.80. The fourth-order valence-electron chi connectivity index (χ4n) is 3.71. The molecule has 0 saturated carbocycles. The number of carbonyl (C=O) groups excluding carboxylic acids is 2. The largest absolute Gasteiger partial charge is 0.466 e. The molecule has 7 nitrogen and oxygen atoms in total. The van der Waals surface area contributed by atoms with Crippen molar-refractivity contribution in [3.63, 3.8) is 0 Å². The van der Waals surface area contributed by atoms with Gasteiger partial charge in [-0.05, 0) is 53.8 Å². The van der Waals surface area contributed by atoms with Crippen LogP contribution in [0, 0.1) is 0 Å². The van der Waals surface area contributed by atoms with Crippen LogP contribution in [0.4, 0.5) is 4.53 Å². The zero-order chi connectivity index (χ0) is 21.3. The number of ether oxygens (including phenoxy) is 2. The smallest absolute Gasteiger partial charge is 0.381 e. The number of nitrogens with one attached hydrogen (secondary N) is 1. The van der Waals surface area contributed by atoms with Crippen molar-refractivity contribution in [2.45, 2.75) is 19.3 Å². The number of fused-ring (bicyclic) bond motifs is 2. The van der Waals surface area contributed by atoms with Gasteiger partial charge in [0.2, 0.25) is 5.88 Å². The molecule has 0 radical (unpaired) electrons. The topological polar surface area (TPSA) is 104 Å². The Morgan fingerprint density at radius 2 is 1.93 bits per heavy atom. The zero-order valence-corrected chi connectivity index (χ0v) is 16.1. The number of aromatic nitrogens is 1. The third-order valence-corrected chi connectivity index (χ3v) is 5.07. The highest BCUT2D eigenvalue weighted by Gasteiger charge is 2.37. The van der Waals surface area contributed by atoms with Crippen LogP contribution in [-0.2, 0) is 19.3 Å². The second kappa shape index (κ2) is 7.90. The number of hydrogen-bond donors (Lipinski definition) is 2. The minimum Gasteiger partial charge on any atom is -0.466 e. The van der Waals surface area contributed by atoms with E-state index < -0.39 is 17.9 Å². The number of carbonyl (C=O) groups is 2. The van der Waals surface area contributed by atoms with Crippen LogP contribution in [0.2, 0.25) is 0 Å². The number of nitrogens with two attached hydrogens (primary N) is 1. The fourth-order valence-corrected chi connectivity index (χ4v) is 3.71. The van der Waals surface area contributed by atoms with Crippen LogP contribution in [0.3, 0.4) is 0 Å². The van der Waals surface area contributed by atoms with E-state index in [1.807, 2.05) is 36.5 Å². The van der Waals surface area contributed by atoms with Gasteiger partial charge in [-0.1, -0.05) is 12.1 Å². The maximum Gasteiger partial charge on any atom is 0.381 e. The Bertz CT molecular complexity index is 1170. The lowest BCUT2D eigenvalue weighted by Crippen LogP contribution is -2.27. The first-order chi connectivity index (χ1) is 14.5. The van der Waals surface area contributed by atoms with Crippen molar-refractivity contribution >= 4 is 22.8 Å². The van der Waals surface area contributed by atoms with E-state index in [2.05, 4.69) is 9.93 Å². The second-order valence-electron chi connectivity index (χ2n) is 6.84. The van der Waals surface area contributed by atoms with E-state index in [9.17, 15) is 14.1 Å². The molecule has 3 aromatic rings. The van der Waals surface area contributed by atoms with Crippen LogP contribution in [0.25, 0.3) is 22.0 Å². The molecule has 2 heterocycles. The molecule has 0 bridgehead atoms. The molecule has 0 amide bonds. The SMILES string of the molecule is CCOC(=O)CC1C(C(=O)OF)=C(N)Oc2ccc(-c3ccc4[nH]ccc4c3)cc21. The van der Waals surface area contributed by atoms with Gasteiger partial charge in [0, 0.05) is 27.7 Å².